The van der Waals surface area contributed by atoms with Crippen molar-refractivity contribution in [3.05, 3.63) is 28.8 Å². The lowest BCUT2D eigenvalue weighted by Crippen LogP contribution is -2.23. The fraction of sp³-hybridized carbons (Fsp3) is 0.625. The average Bonchev–Trinajstić information content (AvgIpc) is 3.16. The number of hydrogen-bond donors (Lipinski definition) is 1. The maximum absolute atomic E-state index is 6.14. The number of ether oxygens (including phenoxy) is 1. The molecule has 1 heterocycles. The smallest absolute Gasteiger partial charge is 0.123 e. The first-order chi connectivity index (χ1) is 9.74. The quantitative estimate of drug-likeness (QED) is 0.877. The molecule has 0 aromatic heterocycles. The molecular formula is C16H23ClN2O. The third-order valence-corrected chi connectivity index (χ3v) is 4.53. The molecule has 1 saturated heterocycles. The standard InChI is InChI=1S/C16H23ClN2O/c17-15-3-4-16(20-11-12-1-2-12)14(7-15)10-19-6-5-13(8-18)9-19/h3-4,7,12-13H,1-2,5-6,8-11,18H2/t13-/m0/s1. The summed E-state index contributed by atoms with van der Waals surface area (Å²) in [7, 11) is 0. The Kier molecular flexibility index (Phi) is 4.49. The Morgan fingerprint density at radius 2 is 2.10 bits per heavy atom. The SMILES string of the molecule is NC[C@@H]1CCN(Cc2cc(Cl)ccc2OCC2CC2)C1. The Balaban J connectivity index is 1.65. The summed E-state index contributed by atoms with van der Waals surface area (Å²) < 4.78 is 5.97. The summed E-state index contributed by atoms with van der Waals surface area (Å²) in [5.74, 6) is 2.41. The van der Waals surface area contributed by atoms with Gasteiger partial charge >= 0.3 is 0 Å². The van der Waals surface area contributed by atoms with E-state index < -0.39 is 0 Å². The molecule has 2 fully saturated rings. The van der Waals surface area contributed by atoms with Gasteiger partial charge in [0.1, 0.15) is 5.75 Å². The van der Waals surface area contributed by atoms with E-state index in [4.69, 9.17) is 22.1 Å². The van der Waals surface area contributed by atoms with Gasteiger partial charge in [0.05, 0.1) is 6.61 Å². The van der Waals surface area contributed by atoms with E-state index in [-0.39, 0.29) is 0 Å². The first kappa shape index (κ1) is 14.2. The molecule has 20 heavy (non-hydrogen) atoms. The topological polar surface area (TPSA) is 38.5 Å². The summed E-state index contributed by atoms with van der Waals surface area (Å²) in [6.45, 7) is 4.76. The molecule has 0 unspecified atom stereocenters. The zero-order valence-electron chi connectivity index (χ0n) is 11.9. The van der Waals surface area contributed by atoms with Crippen LogP contribution in [0.5, 0.6) is 5.75 Å². The van der Waals surface area contributed by atoms with Crippen LogP contribution in [0.15, 0.2) is 18.2 Å². The first-order valence-electron chi connectivity index (χ1n) is 7.58. The van der Waals surface area contributed by atoms with Gasteiger partial charge in [-0.2, -0.15) is 0 Å². The minimum atomic E-state index is 0.644. The van der Waals surface area contributed by atoms with E-state index in [0.717, 1.165) is 49.5 Å². The van der Waals surface area contributed by atoms with E-state index in [1.165, 1.54) is 24.8 Å². The van der Waals surface area contributed by atoms with Crippen LogP contribution in [0, 0.1) is 11.8 Å². The van der Waals surface area contributed by atoms with Crippen LogP contribution in [-0.2, 0) is 6.54 Å². The molecule has 110 valence electrons. The lowest BCUT2D eigenvalue weighted by Gasteiger charge is -2.19. The molecular weight excluding hydrogens is 272 g/mol. The number of hydrogen-bond acceptors (Lipinski definition) is 3. The summed E-state index contributed by atoms with van der Waals surface area (Å²) in [5.41, 5.74) is 6.96. The highest BCUT2D eigenvalue weighted by Crippen LogP contribution is 2.32. The zero-order chi connectivity index (χ0) is 13.9. The third kappa shape index (κ3) is 3.66. The van der Waals surface area contributed by atoms with Crippen molar-refractivity contribution in [2.75, 3.05) is 26.2 Å². The second-order valence-corrected chi connectivity index (χ2v) is 6.57. The molecule has 3 nitrogen and oxygen atoms in total. The predicted octanol–water partition coefficient (Wildman–Crippen LogP) is 2.91. The van der Waals surface area contributed by atoms with Gasteiger partial charge in [0.25, 0.3) is 0 Å². The Morgan fingerprint density at radius 3 is 2.80 bits per heavy atom. The van der Waals surface area contributed by atoms with Crippen molar-refractivity contribution in [3.8, 4) is 5.75 Å². The Hall–Kier alpha value is -0.770. The fourth-order valence-corrected chi connectivity index (χ4v) is 2.99. The zero-order valence-corrected chi connectivity index (χ0v) is 12.6. The van der Waals surface area contributed by atoms with Crippen molar-refractivity contribution in [2.24, 2.45) is 17.6 Å². The van der Waals surface area contributed by atoms with Crippen molar-refractivity contribution in [3.63, 3.8) is 0 Å². The highest BCUT2D eigenvalue weighted by molar-refractivity contribution is 6.30. The molecule has 1 aliphatic carbocycles. The van der Waals surface area contributed by atoms with Crippen molar-refractivity contribution in [1.29, 1.82) is 0 Å². The van der Waals surface area contributed by atoms with Gasteiger partial charge in [-0.15, -0.1) is 0 Å². The van der Waals surface area contributed by atoms with Gasteiger partial charge in [0, 0.05) is 23.7 Å². The fourth-order valence-electron chi connectivity index (χ4n) is 2.79. The van der Waals surface area contributed by atoms with E-state index in [0.29, 0.717) is 5.92 Å². The number of nitrogens with two attached hydrogens (primary N) is 1. The molecule has 3 rings (SSSR count). The largest absolute Gasteiger partial charge is 0.493 e. The van der Waals surface area contributed by atoms with Gasteiger partial charge in [0.2, 0.25) is 0 Å². The number of halogens is 1. The van der Waals surface area contributed by atoms with Crippen LogP contribution in [-0.4, -0.2) is 31.1 Å². The molecule has 1 saturated carbocycles. The summed E-state index contributed by atoms with van der Waals surface area (Å²) in [6, 6.07) is 5.97. The van der Waals surface area contributed by atoms with Crippen LogP contribution < -0.4 is 10.5 Å². The van der Waals surface area contributed by atoms with E-state index in [2.05, 4.69) is 4.90 Å². The third-order valence-electron chi connectivity index (χ3n) is 4.29. The van der Waals surface area contributed by atoms with Crippen molar-refractivity contribution < 1.29 is 4.74 Å². The summed E-state index contributed by atoms with van der Waals surface area (Å²) in [6.07, 6.45) is 3.83. The van der Waals surface area contributed by atoms with Crippen LogP contribution in [0.2, 0.25) is 5.02 Å². The molecule has 1 aliphatic heterocycles. The molecule has 0 amide bonds. The maximum Gasteiger partial charge on any atom is 0.123 e. The molecule has 0 radical (unpaired) electrons. The van der Waals surface area contributed by atoms with Crippen molar-refractivity contribution in [2.45, 2.75) is 25.8 Å². The van der Waals surface area contributed by atoms with Crippen molar-refractivity contribution >= 4 is 11.6 Å². The van der Waals surface area contributed by atoms with Gasteiger partial charge in [-0.05, 0) is 62.4 Å². The summed E-state index contributed by atoms with van der Waals surface area (Å²) in [5, 5.41) is 0.786. The molecule has 0 spiro atoms. The minimum Gasteiger partial charge on any atom is -0.493 e. The monoisotopic (exact) mass is 294 g/mol. The van der Waals surface area contributed by atoms with Crippen LogP contribution in [0.4, 0.5) is 0 Å². The highest BCUT2D eigenvalue weighted by Gasteiger charge is 2.24. The van der Waals surface area contributed by atoms with Gasteiger partial charge in [-0.1, -0.05) is 11.6 Å². The second kappa shape index (κ2) is 6.33. The van der Waals surface area contributed by atoms with Gasteiger partial charge in [-0.3, -0.25) is 4.90 Å². The molecule has 1 atom stereocenters. The molecule has 2 N–H and O–H groups in total. The lowest BCUT2D eigenvalue weighted by atomic mass is 10.1. The van der Waals surface area contributed by atoms with Crippen LogP contribution in [0.3, 0.4) is 0 Å². The van der Waals surface area contributed by atoms with Gasteiger partial charge in [-0.25, -0.2) is 0 Å². The van der Waals surface area contributed by atoms with E-state index in [1.807, 2.05) is 18.2 Å². The first-order valence-corrected chi connectivity index (χ1v) is 7.96. The Bertz CT molecular complexity index is 462. The molecule has 0 bridgehead atoms. The van der Waals surface area contributed by atoms with Crippen LogP contribution in [0.1, 0.15) is 24.8 Å². The van der Waals surface area contributed by atoms with E-state index in [9.17, 15) is 0 Å². The number of benzene rings is 1. The molecule has 4 heteroatoms. The molecule has 2 aliphatic rings. The number of nitrogens with zero attached hydrogens (tertiary/aromatic N) is 1. The summed E-state index contributed by atoms with van der Waals surface area (Å²) >= 11 is 6.14. The summed E-state index contributed by atoms with van der Waals surface area (Å²) in [4.78, 5) is 2.45. The molecule has 1 aromatic carbocycles. The predicted molar refractivity (Wildman–Crippen MR) is 82.1 cm³/mol. The second-order valence-electron chi connectivity index (χ2n) is 6.13. The minimum absolute atomic E-state index is 0.644. The normalized spacial score (nSPS) is 23.2. The Labute approximate surface area is 126 Å². The highest BCUT2D eigenvalue weighted by atomic mass is 35.5. The average molecular weight is 295 g/mol. The van der Waals surface area contributed by atoms with Crippen LogP contribution in [0.25, 0.3) is 0 Å². The maximum atomic E-state index is 6.14. The lowest BCUT2D eigenvalue weighted by molar-refractivity contribution is 0.279. The number of likely N-dealkylation sites (tertiary alicyclic amines) is 1. The van der Waals surface area contributed by atoms with Crippen molar-refractivity contribution in [1.82, 2.24) is 4.90 Å². The van der Waals surface area contributed by atoms with E-state index in [1.54, 1.807) is 0 Å². The number of rotatable bonds is 6. The van der Waals surface area contributed by atoms with E-state index >= 15 is 0 Å². The van der Waals surface area contributed by atoms with Gasteiger partial charge in [0.15, 0.2) is 0 Å². The van der Waals surface area contributed by atoms with Crippen LogP contribution >= 0.6 is 11.6 Å². The van der Waals surface area contributed by atoms with Gasteiger partial charge < -0.3 is 10.5 Å². The molecule has 1 aromatic rings. The Morgan fingerprint density at radius 1 is 1.25 bits per heavy atom.